The SMILES string of the molecule is CCOC(=O)Cc1csc(NC(=O)[C@H](NC(=O)c2c(F)cccc2F)C(C)C)n1. The first-order valence-corrected chi connectivity index (χ1v) is 9.76. The smallest absolute Gasteiger partial charge is 0.311 e. The third kappa shape index (κ3) is 6.05. The summed E-state index contributed by atoms with van der Waals surface area (Å²) in [6, 6.07) is 2.01. The van der Waals surface area contributed by atoms with Crippen LogP contribution in [0.25, 0.3) is 0 Å². The normalized spacial score (nSPS) is 11.8. The summed E-state index contributed by atoms with van der Waals surface area (Å²) in [6.45, 7) is 5.30. The van der Waals surface area contributed by atoms with Crippen molar-refractivity contribution in [1.29, 1.82) is 0 Å². The molecule has 2 aromatic rings. The van der Waals surface area contributed by atoms with Gasteiger partial charge in [0.05, 0.1) is 18.7 Å². The van der Waals surface area contributed by atoms with Gasteiger partial charge in [0.15, 0.2) is 5.13 Å². The van der Waals surface area contributed by atoms with E-state index in [4.69, 9.17) is 4.74 Å². The molecule has 2 N–H and O–H groups in total. The van der Waals surface area contributed by atoms with Crippen LogP contribution < -0.4 is 10.6 Å². The highest BCUT2D eigenvalue weighted by Crippen LogP contribution is 2.18. The van der Waals surface area contributed by atoms with E-state index in [2.05, 4.69) is 15.6 Å². The van der Waals surface area contributed by atoms with E-state index in [-0.39, 0.29) is 24.1 Å². The van der Waals surface area contributed by atoms with Gasteiger partial charge in [-0.05, 0) is 25.0 Å². The number of carbonyl (C=O) groups excluding carboxylic acids is 3. The first-order chi connectivity index (χ1) is 13.7. The molecule has 2 rings (SSSR count). The zero-order chi connectivity index (χ0) is 21.6. The lowest BCUT2D eigenvalue weighted by atomic mass is 10.0. The molecule has 2 amide bonds. The molecule has 10 heteroatoms. The number of halogens is 2. The first kappa shape index (κ1) is 22.4. The van der Waals surface area contributed by atoms with Gasteiger partial charge in [0.1, 0.15) is 23.2 Å². The number of esters is 1. The molecule has 29 heavy (non-hydrogen) atoms. The van der Waals surface area contributed by atoms with Gasteiger partial charge in [-0.1, -0.05) is 19.9 Å². The lowest BCUT2D eigenvalue weighted by molar-refractivity contribution is -0.142. The van der Waals surface area contributed by atoms with Crippen LogP contribution in [0.15, 0.2) is 23.6 Å². The van der Waals surface area contributed by atoms with Gasteiger partial charge >= 0.3 is 5.97 Å². The minimum atomic E-state index is -1.06. The highest BCUT2D eigenvalue weighted by atomic mass is 32.1. The van der Waals surface area contributed by atoms with E-state index in [1.165, 1.54) is 0 Å². The van der Waals surface area contributed by atoms with Crippen LogP contribution in [-0.2, 0) is 20.7 Å². The zero-order valence-corrected chi connectivity index (χ0v) is 16.9. The number of ether oxygens (including phenoxy) is 1. The van der Waals surface area contributed by atoms with Crippen LogP contribution >= 0.6 is 11.3 Å². The van der Waals surface area contributed by atoms with E-state index in [1.807, 2.05) is 0 Å². The molecule has 0 unspecified atom stereocenters. The molecule has 156 valence electrons. The number of hydrogen-bond donors (Lipinski definition) is 2. The van der Waals surface area contributed by atoms with Crippen molar-refractivity contribution in [2.45, 2.75) is 33.2 Å². The average Bonchev–Trinajstić information content (AvgIpc) is 3.05. The van der Waals surface area contributed by atoms with Gasteiger partial charge in [-0.15, -0.1) is 11.3 Å². The third-order valence-corrected chi connectivity index (χ3v) is 4.64. The highest BCUT2D eigenvalue weighted by molar-refractivity contribution is 7.13. The number of hydrogen-bond acceptors (Lipinski definition) is 6. The summed E-state index contributed by atoms with van der Waals surface area (Å²) in [4.78, 5) is 40.5. The second kappa shape index (κ2) is 10.1. The second-order valence-electron chi connectivity index (χ2n) is 6.41. The summed E-state index contributed by atoms with van der Waals surface area (Å²) >= 11 is 1.10. The van der Waals surface area contributed by atoms with Crippen molar-refractivity contribution >= 4 is 34.3 Å². The van der Waals surface area contributed by atoms with E-state index in [1.54, 1.807) is 26.2 Å². The van der Waals surface area contributed by atoms with Gasteiger partial charge in [-0.25, -0.2) is 13.8 Å². The summed E-state index contributed by atoms with van der Waals surface area (Å²) < 4.78 is 32.5. The number of aromatic nitrogens is 1. The molecule has 0 bridgehead atoms. The molecule has 0 fully saturated rings. The van der Waals surface area contributed by atoms with Crippen LogP contribution in [0.4, 0.5) is 13.9 Å². The molecular formula is C19H21F2N3O4S. The summed E-state index contributed by atoms with van der Waals surface area (Å²) in [5, 5.41) is 6.74. The van der Waals surface area contributed by atoms with Crippen molar-refractivity contribution in [2.75, 3.05) is 11.9 Å². The number of thiazole rings is 1. The van der Waals surface area contributed by atoms with Gasteiger partial charge in [0.2, 0.25) is 5.91 Å². The summed E-state index contributed by atoms with van der Waals surface area (Å²) in [5.41, 5.74) is -0.320. The Hall–Kier alpha value is -2.88. The van der Waals surface area contributed by atoms with Gasteiger partial charge in [-0.3, -0.25) is 14.4 Å². The monoisotopic (exact) mass is 425 g/mol. The molecule has 0 aliphatic rings. The Morgan fingerprint density at radius 3 is 2.45 bits per heavy atom. The molecule has 0 saturated carbocycles. The van der Waals surface area contributed by atoms with Crippen molar-refractivity contribution < 1.29 is 27.9 Å². The number of rotatable bonds is 8. The Kier molecular flexibility index (Phi) is 7.77. The Morgan fingerprint density at radius 2 is 1.86 bits per heavy atom. The maximum absolute atomic E-state index is 13.8. The molecule has 1 heterocycles. The van der Waals surface area contributed by atoms with Gasteiger partial charge < -0.3 is 15.4 Å². The van der Waals surface area contributed by atoms with Crippen molar-refractivity contribution in [2.24, 2.45) is 5.92 Å². The van der Waals surface area contributed by atoms with Crippen LogP contribution in [0.1, 0.15) is 36.8 Å². The fourth-order valence-corrected chi connectivity index (χ4v) is 3.16. The van der Waals surface area contributed by atoms with E-state index in [0.29, 0.717) is 5.69 Å². The first-order valence-electron chi connectivity index (χ1n) is 8.88. The number of nitrogens with one attached hydrogen (secondary N) is 2. The van der Waals surface area contributed by atoms with Crippen LogP contribution in [0.2, 0.25) is 0 Å². The Labute approximate surface area is 170 Å². The lowest BCUT2D eigenvalue weighted by Crippen LogP contribution is -2.47. The number of carbonyl (C=O) groups is 3. The minimum Gasteiger partial charge on any atom is -0.466 e. The lowest BCUT2D eigenvalue weighted by Gasteiger charge is -2.21. The van der Waals surface area contributed by atoms with E-state index in [0.717, 1.165) is 29.5 Å². The quantitative estimate of drug-likeness (QED) is 0.634. The third-order valence-electron chi connectivity index (χ3n) is 3.84. The van der Waals surface area contributed by atoms with Crippen molar-refractivity contribution in [3.63, 3.8) is 0 Å². The van der Waals surface area contributed by atoms with Crippen LogP contribution in [-0.4, -0.2) is 35.4 Å². The average molecular weight is 425 g/mol. The molecule has 0 saturated heterocycles. The Morgan fingerprint density at radius 1 is 1.21 bits per heavy atom. The van der Waals surface area contributed by atoms with Crippen molar-refractivity contribution in [3.05, 3.63) is 46.5 Å². The molecule has 1 aromatic heterocycles. The summed E-state index contributed by atoms with van der Waals surface area (Å²) in [6.07, 6.45) is -0.0306. The highest BCUT2D eigenvalue weighted by Gasteiger charge is 2.28. The number of nitrogens with zero attached hydrogens (tertiary/aromatic N) is 1. The molecule has 0 spiro atoms. The second-order valence-corrected chi connectivity index (χ2v) is 7.26. The predicted molar refractivity (Wildman–Crippen MR) is 104 cm³/mol. The fraction of sp³-hybridized carbons (Fsp3) is 0.368. The van der Waals surface area contributed by atoms with Gasteiger partial charge in [0.25, 0.3) is 5.91 Å². The predicted octanol–water partition coefficient (Wildman–Crippen LogP) is 2.92. The molecule has 1 aromatic carbocycles. The summed E-state index contributed by atoms with van der Waals surface area (Å²) in [5.74, 6) is -4.47. The molecule has 0 radical (unpaired) electrons. The maximum Gasteiger partial charge on any atom is 0.311 e. The number of amides is 2. The largest absolute Gasteiger partial charge is 0.466 e. The number of benzene rings is 1. The summed E-state index contributed by atoms with van der Waals surface area (Å²) in [7, 11) is 0. The van der Waals surface area contributed by atoms with Gasteiger partial charge in [-0.2, -0.15) is 0 Å². The van der Waals surface area contributed by atoms with Crippen molar-refractivity contribution in [1.82, 2.24) is 10.3 Å². The standard InChI is InChI=1S/C19H21F2N3O4S/c1-4-28-14(25)8-11-9-29-19(22-11)24-18(27)16(10(2)3)23-17(26)15-12(20)6-5-7-13(15)21/h5-7,9-10,16H,4,8H2,1-3H3,(H,23,26)(H,22,24,27)/t16-/m1/s1. The topological polar surface area (TPSA) is 97.4 Å². The van der Waals surface area contributed by atoms with E-state index >= 15 is 0 Å². The molecule has 1 atom stereocenters. The molecule has 0 aliphatic heterocycles. The minimum absolute atomic E-state index is 0.0306. The Bertz CT molecular complexity index is 881. The number of anilines is 1. The van der Waals surface area contributed by atoms with Crippen LogP contribution in [0.5, 0.6) is 0 Å². The van der Waals surface area contributed by atoms with Gasteiger partial charge in [0, 0.05) is 5.38 Å². The zero-order valence-electron chi connectivity index (χ0n) is 16.1. The maximum atomic E-state index is 13.8. The molecule has 7 nitrogen and oxygen atoms in total. The van der Waals surface area contributed by atoms with Crippen molar-refractivity contribution in [3.8, 4) is 0 Å². The Balaban J connectivity index is 2.07. The molecular weight excluding hydrogens is 404 g/mol. The molecule has 0 aliphatic carbocycles. The van der Waals surface area contributed by atoms with Crippen LogP contribution in [0.3, 0.4) is 0 Å². The van der Waals surface area contributed by atoms with E-state index < -0.39 is 41.0 Å². The van der Waals surface area contributed by atoms with E-state index in [9.17, 15) is 23.2 Å². The van der Waals surface area contributed by atoms with Crippen LogP contribution in [0, 0.1) is 17.6 Å². The fourth-order valence-electron chi connectivity index (χ4n) is 2.45.